The van der Waals surface area contributed by atoms with E-state index < -0.39 is 0 Å². The van der Waals surface area contributed by atoms with Crippen LogP contribution in [0.25, 0.3) is 21.7 Å². The summed E-state index contributed by atoms with van der Waals surface area (Å²) in [4.78, 5) is 21.8. The number of hydrogen-bond donors (Lipinski definition) is 0. The average Bonchev–Trinajstić information content (AvgIpc) is 2.61. The van der Waals surface area contributed by atoms with E-state index in [4.69, 9.17) is 4.42 Å². The third kappa shape index (κ3) is 3.58. The molecular formula is C21H16O3. The molecule has 3 aromatic carbocycles. The van der Waals surface area contributed by atoms with Crippen LogP contribution in [-0.2, 0) is 0 Å². The van der Waals surface area contributed by atoms with Gasteiger partial charge in [0.25, 0.3) is 0 Å². The monoisotopic (exact) mass is 316 g/mol. The summed E-state index contributed by atoms with van der Waals surface area (Å²) < 4.78 is 4.91. The van der Waals surface area contributed by atoms with Crippen molar-refractivity contribution in [1.29, 1.82) is 0 Å². The first-order valence-corrected chi connectivity index (χ1v) is 7.62. The minimum absolute atomic E-state index is 0.116. The van der Waals surface area contributed by atoms with Crippen molar-refractivity contribution in [3.05, 3.63) is 94.8 Å². The minimum Gasteiger partial charge on any atom is -0.423 e. The Bertz CT molecular complexity index is 1060. The molecule has 0 fully saturated rings. The first kappa shape index (κ1) is 15.7. The molecule has 0 spiro atoms. The van der Waals surface area contributed by atoms with Crippen LogP contribution in [0.1, 0.15) is 17.3 Å². The first-order chi connectivity index (χ1) is 11.6. The van der Waals surface area contributed by atoms with Crippen LogP contribution in [0.3, 0.4) is 0 Å². The number of carbonyl (C=O) groups is 1. The van der Waals surface area contributed by atoms with Gasteiger partial charge < -0.3 is 4.42 Å². The molecule has 0 radical (unpaired) electrons. The number of carbonyl (C=O) groups excluding carboxylic acids is 1. The lowest BCUT2D eigenvalue weighted by Crippen LogP contribution is -1.93. The lowest BCUT2D eigenvalue weighted by molar-refractivity contribution is 0.101. The molecule has 0 atom stereocenters. The van der Waals surface area contributed by atoms with Gasteiger partial charge >= 0.3 is 5.63 Å². The fourth-order valence-electron chi connectivity index (χ4n) is 2.42. The van der Waals surface area contributed by atoms with Crippen molar-refractivity contribution in [1.82, 2.24) is 0 Å². The molecule has 24 heavy (non-hydrogen) atoms. The molecule has 1 aromatic heterocycles. The fraction of sp³-hybridized carbons (Fsp3) is 0.0476. The quantitative estimate of drug-likeness (QED) is 0.373. The predicted molar refractivity (Wildman–Crippen MR) is 96.4 cm³/mol. The van der Waals surface area contributed by atoms with Gasteiger partial charge in [0, 0.05) is 17.0 Å². The van der Waals surface area contributed by atoms with Gasteiger partial charge in [-0.15, -0.1) is 0 Å². The van der Waals surface area contributed by atoms with Gasteiger partial charge in [-0.05, 0) is 35.9 Å². The molecule has 118 valence electrons. The highest BCUT2D eigenvalue weighted by Gasteiger charge is 1.99. The normalized spacial score (nSPS) is 10.2. The maximum absolute atomic E-state index is 11.1. The smallest absolute Gasteiger partial charge is 0.336 e. The Kier molecular flexibility index (Phi) is 4.52. The Morgan fingerprint density at radius 2 is 1.38 bits per heavy atom. The molecular weight excluding hydrogens is 300 g/mol. The summed E-state index contributed by atoms with van der Waals surface area (Å²) >= 11 is 0. The highest BCUT2D eigenvalue weighted by molar-refractivity contribution is 5.98. The zero-order valence-corrected chi connectivity index (χ0v) is 13.2. The van der Waals surface area contributed by atoms with Crippen molar-refractivity contribution in [2.45, 2.75) is 6.92 Å². The van der Waals surface area contributed by atoms with Gasteiger partial charge in [-0.1, -0.05) is 54.6 Å². The minimum atomic E-state index is -0.302. The van der Waals surface area contributed by atoms with Crippen LogP contribution in [0.5, 0.6) is 0 Å². The van der Waals surface area contributed by atoms with Crippen LogP contribution in [0.4, 0.5) is 0 Å². The molecule has 0 aliphatic heterocycles. The fourth-order valence-corrected chi connectivity index (χ4v) is 2.42. The van der Waals surface area contributed by atoms with Crippen LogP contribution >= 0.6 is 0 Å². The van der Waals surface area contributed by atoms with Crippen molar-refractivity contribution in [2.75, 3.05) is 0 Å². The molecule has 0 unspecified atom stereocenters. The Hall–Kier alpha value is -3.20. The maximum Gasteiger partial charge on any atom is 0.336 e. The second kappa shape index (κ2) is 6.92. The van der Waals surface area contributed by atoms with Crippen molar-refractivity contribution < 1.29 is 9.21 Å². The highest BCUT2D eigenvalue weighted by Crippen LogP contribution is 2.15. The van der Waals surface area contributed by atoms with Gasteiger partial charge in [0.2, 0.25) is 0 Å². The van der Waals surface area contributed by atoms with Crippen molar-refractivity contribution in [3.8, 4) is 0 Å². The number of hydrogen-bond acceptors (Lipinski definition) is 3. The average molecular weight is 316 g/mol. The van der Waals surface area contributed by atoms with Crippen LogP contribution in [0, 0.1) is 0 Å². The maximum atomic E-state index is 11.1. The standard InChI is InChI=1S/C12H10O.C9H6O2/c1-9(13)11-7-6-10-4-2-3-5-12(10)8-11;10-9-6-5-7-3-1-2-4-8(7)11-9/h2-8H,1H3;1-6H. The number of Topliss-reactive ketones (excluding diaryl/α,β-unsaturated/α-hetero) is 1. The van der Waals surface area contributed by atoms with E-state index in [0.717, 1.165) is 16.3 Å². The van der Waals surface area contributed by atoms with Crippen LogP contribution < -0.4 is 5.63 Å². The van der Waals surface area contributed by atoms with E-state index in [9.17, 15) is 9.59 Å². The molecule has 4 aromatic rings. The van der Waals surface area contributed by atoms with E-state index in [1.807, 2.05) is 60.7 Å². The van der Waals surface area contributed by atoms with Gasteiger partial charge in [-0.3, -0.25) is 4.79 Å². The number of fused-ring (bicyclic) bond motifs is 2. The van der Waals surface area contributed by atoms with Crippen LogP contribution in [0.2, 0.25) is 0 Å². The lowest BCUT2D eigenvalue weighted by atomic mass is 10.1. The second-order valence-electron chi connectivity index (χ2n) is 5.41. The molecule has 0 amide bonds. The van der Waals surface area contributed by atoms with E-state index in [1.54, 1.807) is 19.1 Å². The summed E-state index contributed by atoms with van der Waals surface area (Å²) in [6.45, 7) is 1.59. The zero-order valence-electron chi connectivity index (χ0n) is 13.2. The molecule has 0 aliphatic carbocycles. The second-order valence-corrected chi connectivity index (χ2v) is 5.41. The summed E-state index contributed by atoms with van der Waals surface area (Å²) in [5, 5.41) is 3.25. The molecule has 0 N–H and O–H groups in total. The Balaban J connectivity index is 0.000000143. The van der Waals surface area contributed by atoms with Gasteiger partial charge in [-0.2, -0.15) is 0 Å². The van der Waals surface area contributed by atoms with Crippen LogP contribution in [0.15, 0.2) is 88.1 Å². The third-order valence-corrected chi connectivity index (χ3v) is 3.68. The number of ketones is 1. The Morgan fingerprint density at radius 1 is 0.750 bits per heavy atom. The number of benzene rings is 3. The van der Waals surface area contributed by atoms with Crippen molar-refractivity contribution in [2.24, 2.45) is 0 Å². The largest absolute Gasteiger partial charge is 0.423 e. The number of rotatable bonds is 1. The summed E-state index contributed by atoms with van der Waals surface area (Å²) in [5.41, 5.74) is 1.11. The van der Waals surface area contributed by atoms with Crippen molar-refractivity contribution in [3.63, 3.8) is 0 Å². The number of para-hydroxylation sites is 1. The van der Waals surface area contributed by atoms with E-state index in [2.05, 4.69) is 0 Å². The zero-order chi connectivity index (χ0) is 16.9. The molecule has 0 saturated carbocycles. The van der Waals surface area contributed by atoms with Crippen LogP contribution in [-0.4, -0.2) is 5.78 Å². The topological polar surface area (TPSA) is 47.3 Å². The predicted octanol–water partition coefficient (Wildman–Crippen LogP) is 4.84. The SMILES string of the molecule is CC(=O)c1ccc2ccccc2c1.O=c1ccc2ccccc2o1. The van der Waals surface area contributed by atoms with Gasteiger partial charge in [0.05, 0.1) is 0 Å². The van der Waals surface area contributed by atoms with E-state index in [-0.39, 0.29) is 11.4 Å². The lowest BCUT2D eigenvalue weighted by Gasteiger charge is -1.99. The van der Waals surface area contributed by atoms with Gasteiger partial charge in [-0.25, -0.2) is 4.79 Å². The molecule has 0 aliphatic rings. The molecule has 0 saturated heterocycles. The Morgan fingerprint density at radius 3 is 2.12 bits per heavy atom. The molecule has 3 heteroatoms. The Labute approximate surface area is 139 Å². The summed E-state index contributed by atoms with van der Waals surface area (Å²) in [5.74, 6) is 0.116. The van der Waals surface area contributed by atoms with E-state index >= 15 is 0 Å². The van der Waals surface area contributed by atoms with Gasteiger partial charge in [0.15, 0.2) is 5.78 Å². The summed E-state index contributed by atoms with van der Waals surface area (Å²) in [7, 11) is 0. The molecule has 4 rings (SSSR count). The van der Waals surface area contributed by atoms with Crippen molar-refractivity contribution >= 4 is 27.5 Å². The van der Waals surface area contributed by atoms with E-state index in [0.29, 0.717) is 5.58 Å². The molecule has 1 heterocycles. The third-order valence-electron chi connectivity index (χ3n) is 3.68. The van der Waals surface area contributed by atoms with E-state index in [1.165, 1.54) is 11.5 Å². The summed E-state index contributed by atoms with van der Waals surface area (Å²) in [6, 6.07) is 24.4. The van der Waals surface area contributed by atoms with Gasteiger partial charge in [0.1, 0.15) is 5.58 Å². The first-order valence-electron chi connectivity index (χ1n) is 7.62. The highest BCUT2D eigenvalue weighted by atomic mass is 16.4. The molecule has 0 bridgehead atoms. The molecule has 3 nitrogen and oxygen atoms in total. The summed E-state index contributed by atoms with van der Waals surface area (Å²) in [6.07, 6.45) is 0.